The van der Waals surface area contributed by atoms with Crippen LogP contribution in [0.2, 0.25) is 5.02 Å². The summed E-state index contributed by atoms with van der Waals surface area (Å²) in [4.78, 5) is 3.83. The van der Waals surface area contributed by atoms with Crippen molar-refractivity contribution in [2.45, 2.75) is 52.6 Å². The van der Waals surface area contributed by atoms with Gasteiger partial charge < -0.3 is 15.8 Å². The van der Waals surface area contributed by atoms with Crippen LogP contribution in [0, 0.1) is 5.41 Å². The van der Waals surface area contributed by atoms with Crippen LogP contribution in [-0.4, -0.2) is 21.8 Å². The minimum absolute atomic E-state index is 0. The van der Waals surface area contributed by atoms with E-state index in [2.05, 4.69) is 41.3 Å². The molecule has 0 spiro atoms. The van der Waals surface area contributed by atoms with E-state index in [4.69, 9.17) is 22.1 Å². The predicted octanol–water partition coefficient (Wildman–Crippen LogP) is 7.88. The predicted molar refractivity (Wildman–Crippen MR) is 137 cm³/mol. The Bertz CT molecular complexity index is 1100. The molecule has 4 N–H and O–H groups in total. The van der Waals surface area contributed by atoms with Gasteiger partial charge in [-0.3, -0.25) is 0 Å². The number of ether oxygens (including phenoxy) is 1. The molecule has 6 nitrogen and oxygen atoms in total. The summed E-state index contributed by atoms with van der Waals surface area (Å²) in [6.45, 7) is 7.22. The molecular formula is C24H30Cl2F3N5O. The fourth-order valence-corrected chi connectivity index (χ4v) is 3.83. The number of hydrogen-bond donors (Lipinski definition) is 3. The van der Waals surface area contributed by atoms with E-state index in [9.17, 15) is 13.2 Å². The standard InChI is InChI=1S/C24H29ClF3N5O.ClH/c1-23(2,3)11-5-4-6-12-34-17-9-7-15(8-10-17)20-18(24(26,27)28)13-16(14-19(20)25)30-22-31-21(29)32-33-22;/h7-10,13-14H,4-6,11-12H2,1-3H3,(H4,29,30,31,32,33);1H. The average molecular weight is 532 g/mol. The number of alkyl halides is 3. The number of unbranched alkanes of at least 4 members (excludes halogenated alkanes) is 2. The first-order chi connectivity index (χ1) is 15.9. The lowest BCUT2D eigenvalue weighted by Crippen LogP contribution is -2.09. The highest BCUT2D eigenvalue weighted by Crippen LogP contribution is 2.43. The number of nitrogens with zero attached hydrogens (tertiary/aromatic N) is 2. The van der Waals surface area contributed by atoms with Crippen LogP contribution in [0.25, 0.3) is 11.1 Å². The maximum Gasteiger partial charge on any atom is 0.417 e. The van der Waals surface area contributed by atoms with Gasteiger partial charge in [0.2, 0.25) is 11.9 Å². The number of nitrogens with one attached hydrogen (secondary N) is 2. The van der Waals surface area contributed by atoms with E-state index < -0.39 is 11.7 Å². The molecule has 3 aromatic rings. The highest BCUT2D eigenvalue weighted by atomic mass is 35.5. The van der Waals surface area contributed by atoms with Crippen LogP contribution in [0.3, 0.4) is 0 Å². The van der Waals surface area contributed by atoms with Crippen molar-refractivity contribution in [1.29, 1.82) is 0 Å². The number of nitrogen functional groups attached to an aromatic ring is 1. The van der Waals surface area contributed by atoms with E-state index >= 15 is 0 Å². The number of rotatable bonds is 9. The Hall–Kier alpha value is -2.65. The molecule has 0 aliphatic carbocycles. The van der Waals surface area contributed by atoms with Gasteiger partial charge in [-0.2, -0.15) is 18.2 Å². The Morgan fingerprint density at radius 3 is 2.31 bits per heavy atom. The molecule has 2 aromatic carbocycles. The molecule has 1 aromatic heterocycles. The molecule has 0 amide bonds. The van der Waals surface area contributed by atoms with E-state index in [1.165, 1.54) is 6.07 Å². The zero-order valence-electron chi connectivity index (χ0n) is 19.8. The van der Waals surface area contributed by atoms with Crippen molar-refractivity contribution in [2.24, 2.45) is 5.41 Å². The molecule has 0 unspecified atom stereocenters. The summed E-state index contributed by atoms with van der Waals surface area (Å²) in [7, 11) is 0. The molecule has 0 radical (unpaired) electrons. The van der Waals surface area contributed by atoms with Gasteiger partial charge in [-0.25, -0.2) is 5.10 Å². The van der Waals surface area contributed by atoms with Crippen LogP contribution < -0.4 is 15.8 Å². The van der Waals surface area contributed by atoms with Gasteiger partial charge >= 0.3 is 6.18 Å². The number of nitrogens with two attached hydrogens (primary N) is 1. The van der Waals surface area contributed by atoms with Crippen molar-refractivity contribution in [3.63, 3.8) is 0 Å². The van der Waals surface area contributed by atoms with E-state index in [1.54, 1.807) is 24.3 Å². The van der Waals surface area contributed by atoms with Gasteiger partial charge in [0.05, 0.1) is 17.2 Å². The highest BCUT2D eigenvalue weighted by Gasteiger charge is 2.35. The van der Waals surface area contributed by atoms with Crippen molar-refractivity contribution in [2.75, 3.05) is 17.7 Å². The zero-order valence-corrected chi connectivity index (χ0v) is 21.4. The molecule has 0 bridgehead atoms. The van der Waals surface area contributed by atoms with Gasteiger partial charge in [-0.15, -0.1) is 17.5 Å². The molecule has 3 rings (SSSR count). The smallest absolute Gasteiger partial charge is 0.417 e. The third kappa shape index (κ3) is 8.50. The minimum Gasteiger partial charge on any atom is -0.494 e. The van der Waals surface area contributed by atoms with E-state index in [-0.39, 0.29) is 40.6 Å². The van der Waals surface area contributed by atoms with Crippen LogP contribution in [0.15, 0.2) is 36.4 Å². The Balaban J connectivity index is 0.00000432. The van der Waals surface area contributed by atoms with Gasteiger partial charge in [0.25, 0.3) is 0 Å². The summed E-state index contributed by atoms with van der Waals surface area (Å²) in [6.07, 6.45) is -0.339. The summed E-state index contributed by atoms with van der Waals surface area (Å²) in [5.41, 5.74) is 5.22. The van der Waals surface area contributed by atoms with Crippen LogP contribution >= 0.6 is 24.0 Å². The Kier molecular flexibility index (Phi) is 9.68. The van der Waals surface area contributed by atoms with E-state index in [0.717, 1.165) is 31.7 Å². The minimum atomic E-state index is -4.63. The second kappa shape index (κ2) is 11.9. The van der Waals surface area contributed by atoms with Crippen LogP contribution in [0.1, 0.15) is 52.0 Å². The average Bonchev–Trinajstić information content (AvgIpc) is 3.14. The fourth-order valence-electron chi connectivity index (χ4n) is 3.50. The molecule has 35 heavy (non-hydrogen) atoms. The number of anilines is 3. The van der Waals surface area contributed by atoms with Crippen LogP contribution in [-0.2, 0) is 6.18 Å². The third-order valence-electron chi connectivity index (χ3n) is 5.14. The number of H-pyrrole nitrogens is 1. The lowest BCUT2D eigenvalue weighted by atomic mass is 9.89. The molecule has 11 heteroatoms. The second-order valence-electron chi connectivity index (χ2n) is 9.29. The first kappa shape index (κ1) is 28.6. The Morgan fingerprint density at radius 1 is 1.06 bits per heavy atom. The Morgan fingerprint density at radius 2 is 1.74 bits per heavy atom. The quantitative estimate of drug-likeness (QED) is 0.244. The molecule has 0 atom stereocenters. The topological polar surface area (TPSA) is 88.8 Å². The van der Waals surface area contributed by atoms with Crippen LogP contribution in [0.4, 0.5) is 30.8 Å². The molecule has 0 saturated carbocycles. The van der Waals surface area contributed by atoms with E-state index in [0.29, 0.717) is 23.3 Å². The van der Waals surface area contributed by atoms with Gasteiger partial charge in [0.15, 0.2) is 0 Å². The first-order valence-corrected chi connectivity index (χ1v) is 11.4. The lowest BCUT2D eigenvalue weighted by molar-refractivity contribution is -0.137. The summed E-state index contributed by atoms with van der Waals surface area (Å²) in [5.74, 6) is 0.674. The van der Waals surface area contributed by atoms with Crippen molar-refractivity contribution in [1.82, 2.24) is 15.2 Å². The van der Waals surface area contributed by atoms with Crippen LogP contribution in [0.5, 0.6) is 5.75 Å². The summed E-state index contributed by atoms with van der Waals surface area (Å²) in [5, 5.41) is 8.78. The highest BCUT2D eigenvalue weighted by molar-refractivity contribution is 6.34. The number of aromatic amines is 1. The van der Waals surface area contributed by atoms with Gasteiger partial charge in [-0.1, -0.05) is 57.3 Å². The maximum atomic E-state index is 13.9. The van der Waals surface area contributed by atoms with E-state index in [1.807, 2.05) is 0 Å². The summed E-state index contributed by atoms with van der Waals surface area (Å²) >= 11 is 6.31. The van der Waals surface area contributed by atoms with Crippen molar-refractivity contribution in [3.8, 4) is 16.9 Å². The molecule has 192 valence electrons. The second-order valence-corrected chi connectivity index (χ2v) is 9.70. The Labute approximate surface area is 214 Å². The number of halogens is 5. The summed E-state index contributed by atoms with van der Waals surface area (Å²) < 4.78 is 47.4. The molecule has 0 fully saturated rings. The summed E-state index contributed by atoms with van der Waals surface area (Å²) in [6, 6.07) is 8.83. The molecular weight excluding hydrogens is 502 g/mol. The lowest BCUT2D eigenvalue weighted by Gasteiger charge is -2.18. The van der Waals surface area contributed by atoms with Crippen molar-refractivity contribution >= 4 is 41.6 Å². The zero-order chi connectivity index (χ0) is 24.9. The number of hydrogen-bond acceptors (Lipinski definition) is 5. The molecule has 0 aliphatic rings. The number of benzene rings is 2. The maximum absolute atomic E-state index is 13.9. The first-order valence-electron chi connectivity index (χ1n) is 11.0. The molecule has 1 heterocycles. The largest absolute Gasteiger partial charge is 0.494 e. The third-order valence-corrected chi connectivity index (χ3v) is 5.44. The van der Waals surface area contributed by atoms with Gasteiger partial charge in [-0.05, 0) is 48.1 Å². The monoisotopic (exact) mass is 531 g/mol. The van der Waals surface area contributed by atoms with Gasteiger partial charge in [0, 0.05) is 11.3 Å². The SMILES string of the molecule is CC(C)(C)CCCCCOc1ccc(-c2c(Cl)cc(Nc3n[nH]c(N)n3)cc2C(F)(F)F)cc1.Cl. The van der Waals surface area contributed by atoms with Crippen molar-refractivity contribution < 1.29 is 17.9 Å². The van der Waals surface area contributed by atoms with Gasteiger partial charge in [0.1, 0.15) is 5.75 Å². The fraction of sp³-hybridized carbons (Fsp3) is 0.417. The molecule has 0 aliphatic heterocycles. The van der Waals surface area contributed by atoms with Crippen molar-refractivity contribution in [3.05, 3.63) is 47.0 Å². The molecule has 0 saturated heterocycles. The normalized spacial score (nSPS) is 11.7. The number of aromatic nitrogens is 3.